The minimum atomic E-state index is -0.0478. The van der Waals surface area contributed by atoms with Crippen molar-refractivity contribution in [3.8, 4) is 0 Å². The van der Waals surface area contributed by atoms with Gasteiger partial charge in [0.25, 0.3) is 5.91 Å². The van der Waals surface area contributed by atoms with E-state index < -0.39 is 0 Å². The fourth-order valence-electron chi connectivity index (χ4n) is 3.39. The number of aromatic amines is 2. The topological polar surface area (TPSA) is 86.9 Å². The first-order chi connectivity index (χ1) is 10.6. The molecule has 0 saturated carbocycles. The molecule has 2 atom stereocenters. The van der Waals surface area contributed by atoms with E-state index in [1.54, 1.807) is 6.33 Å². The largest absolute Gasteiger partial charge is 0.369 e. The Morgan fingerprint density at radius 2 is 2.32 bits per heavy atom. The molecule has 2 N–H and O–H groups in total. The van der Waals surface area contributed by atoms with Gasteiger partial charge in [-0.1, -0.05) is 0 Å². The van der Waals surface area contributed by atoms with Gasteiger partial charge in [0.2, 0.25) is 0 Å². The molecule has 1 amide bonds. The van der Waals surface area contributed by atoms with Crippen LogP contribution in [0.2, 0.25) is 0 Å². The Kier molecular flexibility index (Phi) is 3.04. The van der Waals surface area contributed by atoms with E-state index in [0.29, 0.717) is 18.8 Å². The number of ether oxygens (including phenoxy) is 1. The summed E-state index contributed by atoms with van der Waals surface area (Å²) in [4.78, 5) is 22.1. The van der Waals surface area contributed by atoms with Crippen molar-refractivity contribution in [2.45, 2.75) is 45.4 Å². The molecule has 2 aromatic rings. The summed E-state index contributed by atoms with van der Waals surface area (Å²) in [7, 11) is 0. The third-order valence-electron chi connectivity index (χ3n) is 4.50. The van der Waals surface area contributed by atoms with Gasteiger partial charge in [-0.25, -0.2) is 4.98 Å². The van der Waals surface area contributed by atoms with Gasteiger partial charge in [0.15, 0.2) is 5.69 Å². The fraction of sp³-hybridized carbons (Fsp3) is 0.533. The molecule has 0 radical (unpaired) electrons. The quantitative estimate of drug-likeness (QED) is 0.832. The smallest absolute Gasteiger partial charge is 0.275 e. The Labute approximate surface area is 128 Å². The number of imidazole rings is 1. The first-order valence-corrected chi connectivity index (χ1v) is 7.66. The molecule has 0 unspecified atom stereocenters. The van der Waals surface area contributed by atoms with Gasteiger partial charge in [0, 0.05) is 24.9 Å². The average molecular weight is 301 g/mol. The molecule has 7 heteroatoms. The summed E-state index contributed by atoms with van der Waals surface area (Å²) in [5.41, 5.74) is 4.56. The van der Waals surface area contributed by atoms with Gasteiger partial charge in [0.05, 0.1) is 42.2 Å². The van der Waals surface area contributed by atoms with Gasteiger partial charge in [-0.15, -0.1) is 0 Å². The number of rotatable bonds is 1. The molecule has 0 aliphatic carbocycles. The van der Waals surface area contributed by atoms with Crippen LogP contribution in [0, 0.1) is 0 Å². The molecular weight excluding hydrogens is 282 g/mol. The van der Waals surface area contributed by atoms with Crippen molar-refractivity contribution in [1.29, 1.82) is 0 Å². The van der Waals surface area contributed by atoms with Crippen molar-refractivity contribution in [1.82, 2.24) is 25.1 Å². The monoisotopic (exact) mass is 301 g/mol. The van der Waals surface area contributed by atoms with Crippen LogP contribution in [0.15, 0.2) is 6.33 Å². The number of fused-ring (bicyclic) bond motifs is 2. The second kappa shape index (κ2) is 4.95. The van der Waals surface area contributed by atoms with Crippen LogP contribution in [0.4, 0.5) is 0 Å². The summed E-state index contributed by atoms with van der Waals surface area (Å²) in [5.74, 6) is -0.0148. The van der Waals surface area contributed by atoms with Crippen LogP contribution < -0.4 is 0 Å². The minimum absolute atomic E-state index is 0.0148. The molecule has 22 heavy (non-hydrogen) atoms. The molecule has 2 aliphatic rings. The van der Waals surface area contributed by atoms with E-state index in [4.69, 9.17) is 4.74 Å². The predicted molar refractivity (Wildman–Crippen MR) is 78.3 cm³/mol. The number of hydrogen-bond acceptors (Lipinski definition) is 4. The lowest BCUT2D eigenvalue weighted by Gasteiger charge is -2.28. The van der Waals surface area contributed by atoms with Gasteiger partial charge in [0.1, 0.15) is 0 Å². The molecule has 2 aliphatic heterocycles. The molecule has 0 aromatic carbocycles. The Hall–Kier alpha value is -2.15. The maximum atomic E-state index is 12.8. The number of hydrogen-bond donors (Lipinski definition) is 2. The predicted octanol–water partition coefficient (Wildman–Crippen LogP) is 1.35. The van der Waals surface area contributed by atoms with Gasteiger partial charge < -0.3 is 14.6 Å². The third kappa shape index (κ3) is 2.04. The van der Waals surface area contributed by atoms with Crippen molar-refractivity contribution in [2.75, 3.05) is 6.54 Å². The normalized spacial score (nSPS) is 24.0. The Bertz CT molecular complexity index is 719. The van der Waals surface area contributed by atoms with Crippen LogP contribution in [-0.2, 0) is 24.1 Å². The fourth-order valence-corrected chi connectivity index (χ4v) is 3.39. The highest BCUT2D eigenvalue weighted by Gasteiger charge is 2.32. The Morgan fingerprint density at radius 1 is 1.45 bits per heavy atom. The summed E-state index contributed by atoms with van der Waals surface area (Å²) >= 11 is 0. The molecule has 7 nitrogen and oxygen atoms in total. The van der Waals surface area contributed by atoms with Gasteiger partial charge in [-0.05, 0) is 13.8 Å². The molecular formula is C15H19N5O2. The maximum absolute atomic E-state index is 12.8. The van der Waals surface area contributed by atoms with Crippen molar-refractivity contribution < 1.29 is 9.53 Å². The highest BCUT2D eigenvalue weighted by Crippen LogP contribution is 2.31. The number of nitrogens with one attached hydrogen (secondary N) is 2. The van der Waals surface area contributed by atoms with E-state index >= 15 is 0 Å². The number of H-pyrrole nitrogens is 2. The summed E-state index contributed by atoms with van der Waals surface area (Å²) in [6, 6.07) is 0. The standard InChI is InChI=1S/C15H19N5O2/c1-8-5-10-13(9(2)22-8)18-19-14(10)15(21)20-4-3-11-12(6-20)17-7-16-11/h7-9H,3-6H2,1-2H3,(H,16,17)(H,18,19)/t8-,9+/m1/s1. The molecule has 0 bridgehead atoms. The van der Waals surface area contributed by atoms with Crippen LogP contribution in [0.3, 0.4) is 0 Å². The molecule has 4 heterocycles. The summed E-state index contributed by atoms with van der Waals surface area (Å²) < 4.78 is 5.78. The molecule has 0 fully saturated rings. The number of amides is 1. The van der Waals surface area contributed by atoms with Crippen molar-refractivity contribution in [3.05, 3.63) is 34.7 Å². The zero-order valence-corrected chi connectivity index (χ0v) is 12.7. The van der Waals surface area contributed by atoms with Crippen LogP contribution >= 0.6 is 0 Å². The number of carbonyl (C=O) groups excluding carboxylic acids is 1. The van der Waals surface area contributed by atoms with Gasteiger partial charge in [-0.3, -0.25) is 9.89 Å². The Morgan fingerprint density at radius 3 is 3.18 bits per heavy atom. The van der Waals surface area contributed by atoms with Crippen LogP contribution in [0.25, 0.3) is 0 Å². The molecule has 4 rings (SSSR count). The molecule has 0 saturated heterocycles. The lowest BCUT2D eigenvalue weighted by Crippen LogP contribution is -2.37. The zero-order chi connectivity index (χ0) is 15.3. The summed E-state index contributed by atoms with van der Waals surface area (Å²) in [6.07, 6.45) is 3.25. The van der Waals surface area contributed by atoms with Crippen molar-refractivity contribution in [2.24, 2.45) is 0 Å². The first-order valence-electron chi connectivity index (χ1n) is 7.66. The van der Waals surface area contributed by atoms with E-state index in [-0.39, 0.29) is 18.1 Å². The zero-order valence-electron chi connectivity index (χ0n) is 12.7. The van der Waals surface area contributed by atoms with E-state index in [2.05, 4.69) is 20.2 Å². The lowest BCUT2D eigenvalue weighted by molar-refractivity contribution is -0.00702. The van der Waals surface area contributed by atoms with Crippen LogP contribution in [-0.4, -0.2) is 43.6 Å². The Balaban J connectivity index is 1.62. The number of aromatic nitrogens is 4. The number of nitrogens with zero attached hydrogens (tertiary/aromatic N) is 3. The highest BCUT2D eigenvalue weighted by molar-refractivity contribution is 5.94. The maximum Gasteiger partial charge on any atom is 0.275 e. The van der Waals surface area contributed by atoms with Crippen molar-refractivity contribution in [3.63, 3.8) is 0 Å². The summed E-state index contributed by atoms with van der Waals surface area (Å²) in [5, 5.41) is 7.27. The second-order valence-electron chi connectivity index (χ2n) is 6.06. The molecule has 116 valence electrons. The minimum Gasteiger partial charge on any atom is -0.369 e. The summed E-state index contributed by atoms with van der Waals surface area (Å²) in [6.45, 7) is 5.26. The average Bonchev–Trinajstić information content (AvgIpc) is 3.11. The van der Waals surface area contributed by atoms with E-state index in [1.165, 1.54) is 0 Å². The second-order valence-corrected chi connectivity index (χ2v) is 6.06. The van der Waals surface area contributed by atoms with Gasteiger partial charge in [-0.2, -0.15) is 5.10 Å². The van der Waals surface area contributed by atoms with Crippen LogP contribution in [0.5, 0.6) is 0 Å². The van der Waals surface area contributed by atoms with E-state index in [0.717, 1.165) is 35.5 Å². The first kappa shape index (κ1) is 13.5. The van der Waals surface area contributed by atoms with Crippen LogP contribution in [0.1, 0.15) is 53.1 Å². The SMILES string of the molecule is C[C@@H]1Cc2c(C(=O)N3CCc4nc[nH]c4C3)n[nH]c2[C@H](C)O1. The van der Waals surface area contributed by atoms with Gasteiger partial charge >= 0.3 is 0 Å². The molecule has 2 aromatic heterocycles. The van der Waals surface area contributed by atoms with E-state index in [1.807, 2.05) is 18.7 Å². The highest BCUT2D eigenvalue weighted by atomic mass is 16.5. The third-order valence-corrected chi connectivity index (χ3v) is 4.50. The van der Waals surface area contributed by atoms with E-state index in [9.17, 15) is 4.79 Å². The molecule has 0 spiro atoms. The number of carbonyl (C=O) groups is 1. The van der Waals surface area contributed by atoms with Crippen molar-refractivity contribution >= 4 is 5.91 Å². The lowest BCUT2D eigenvalue weighted by atomic mass is 9.99.